The molecule has 0 fully saturated rings. The average Bonchev–Trinajstić information content (AvgIpc) is 2.63. The molecule has 8 nitrogen and oxygen atoms in total. The van der Waals surface area contributed by atoms with Crippen molar-refractivity contribution >= 4 is 22.2 Å². The molecule has 0 aliphatic carbocycles. The Hall–Kier alpha value is -2.13. The molecular weight excluding hydrogens is 434 g/mol. The van der Waals surface area contributed by atoms with E-state index in [2.05, 4.69) is 0 Å². The molecule has 0 radical (unpaired) electrons. The van der Waals surface area contributed by atoms with E-state index in [0.717, 1.165) is 5.56 Å². The average molecular weight is 472 g/mol. The quantitative estimate of drug-likeness (QED) is 0.310. The highest BCUT2D eigenvalue weighted by Gasteiger charge is 2.33. The van der Waals surface area contributed by atoms with Gasteiger partial charge in [-0.05, 0) is 58.1 Å². The van der Waals surface area contributed by atoms with E-state index in [0.29, 0.717) is 25.7 Å². The van der Waals surface area contributed by atoms with Crippen LogP contribution in [0.3, 0.4) is 0 Å². The molecule has 0 bridgehead atoms. The molecule has 1 aromatic carbocycles. The largest absolute Gasteiger partial charge is 0.442 e. The van der Waals surface area contributed by atoms with Gasteiger partial charge in [-0.15, -0.1) is 5.48 Å². The van der Waals surface area contributed by atoms with E-state index >= 15 is 0 Å². The molecular formula is C23H37NO7S. The predicted octanol–water partition coefficient (Wildman–Crippen LogP) is 4.91. The van der Waals surface area contributed by atoms with Gasteiger partial charge in [-0.2, -0.15) is 8.42 Å². The third-order valence-electron chi connectivity index (χ3n) is 4.65. The van der Waals surface area contributed by atoms with Crippen LogP contribution in [-0.2, 0) is 28.7 Å². The molecule has 0 saturated heterocycles. The van der Waals surface area contributed by atoms with Gasteiger partial charge < -0.3 is 9.57 Å². The summed E-state index contributed by atoms with van der Waals surface area (Å²) in [4.78, 5) is 29.3. The van der Waals surface area contributed by atoms with Gasteiger partial charge in [0.1, 0.15) is 5.60 Å². The summed E-state index contributed by atoms with van der Waals surface area (Å²) in [6, 6.07) is 6.49. The van der Waals surface area contributed by atoms with E-state index in [1.165, 1.54) is 12.1 Å². The van der Waals surface area contributed by atoms with Crippen molar-refractivity contribution < 1.29 is 31.8 Å². The summed E-state index contributed by atoms with van der Waals surface area (Å²) in [7, 11) is -3.77. The zero-order valence-electron chi connectivity index (χ0n) is 20.2. The summed E-state index contributed by atoms with van der Waals surface area (Å²) in [6.45, 7) is 12.8. The van der Waals surface area contributed by atoms with Crippen molar-refractivity contribution in [1.29, 1.82) is 0 Å². The van der Waals surface area contributed by atoms with Crippen LogP contribution in [0.15, 0.2) is 29.2 Å². The van der Waals surface area contributed by atoms with Gasteiger partial charge in [-0.1, -0.05) is 51.3 Å². The van der Waals surface area contributed by atoms with Crippen molar-refractivity contribution in [1.82, 2.24) is 5.48 Å². The fourth-order valence-electron chi connectivity index (χ4n) is 2.94. The van der Waals surface area contributed by atoms with Crippen molar-refractivity contribution in [2.24, 2.45) is 11.3 Å². The van der Waals surface area contributed by atoms with Crippen LogP contribution in [-0.4, -0.2) is 32.7 Å². The Morgan fingerprint density at radius 1 is 0.969 bits per heavy atom. The standard InChI is InChI=1S/C23H37NO7S/c1-17-12-14-18(15-13-17)32(27,28)29-16-10-8-9-11-19(22(2,3)4)20(25)31-24-21(26)30-23(5,6)7/h12-15,19H,8-11,16H2,1-7H3,(H,24,26). The highest BCUT2D eigenvalue weighted by atomic mass is 32.2. The number of benzene rings is 1. The van der Waals surface area contributed by atoms with Crippen LogP contribution in [0.4, 0.5) is 4.79 Å². The molecule has 182 valence electrons. The van der Waals surface area contributed by atoms with Crippen molar-refractivity contribution in [2.45, 2.75) is 84.6 Å². The first-order valence-corrected chi connectivity index (χ1v) is 12.2. The molecule has 0 aromatic heterocycles. The number of aryl methyl sites for hydroxylation is 1. The predicted molar refractivity (Wildman–Crippen MR) is 121 cm³/mol. The lowest BCUT2D eigenvalue weighted by atomic mass is 9.78. The highest BCUT2D eigenvalue weighted by Crippen LogP contribution is 2.31. The van der Waals surface area contributed by atoms with Gasteiger partial charge in [0.2, 0.25) is 0 Å². The van der Waals surface area contributed by atoms with Crippen molar-refractivity contribution in [3.05, 3.63) is 29.8 Å². The number of unbranched alkanes of at least 4 members (excludes halogenated alkanes) is 2. The molecule has 1 atom stereocenters. The summed E-state index contributed by atoms with van der Waals surface area (Å²) < 4.78 is 34.5. The number of rotatable bonds is 9. The number of carbonyl (C=O) groups is 2. The number of carbonyl (C=O) groups excluding carboxylic acids is 2. The van der Waals surface area contributed by atoms with E-state index in [1.54, 1.807) is 32.9 Å². The minimum atomic E-state index is -3.77. The number of nitrogens with one attached hydrogen (secondary N) is 1. The Balaban J connectivity index is 2.44. The summed E-state index contributed by atoms with van der Waals surface area (Å²) in [5.41, 5.74) is 1.93. The minimum absolute atomic E-state index is 0.0705. The number of hydroxylamine groups is 1. The Bertz CT molecular complexity index is 850. The van der Waals surface area contributed by atoms with Crippen LogP contribution in [0.25, 0.3) is 0 Å². The maximum absolute atomic E-state index is 12.5. The number of hydrogen-bond acceptors (Lipinski definition) is 7. The van der Waals surface area contributed by atoms with Gasteiger partial charge in [0.25, 0.3) is 10.1 Å². The van der Waals surface area contributed by atoms with E-state index in [9.17, 15) is 18.0 Å². The maximum Gasteiger partial charge on any atom is 0.441 e. The molecule has 1 aromatic rings. The summed E-state index contributed by atoms with van der Waals surface area (Å²) in [5, 5.41) is 0. The molecule has 9 heteroatoms. The van der Waals surface area contributed by atoms with E-state index in [4.69, 9.17) is 13.8 Å². The number of amides is 1. The first-order valence-electron chi connectivity index (χ1n) is 10.8. The van der Waals surface area contributed by atoms with Crippen molar-refractivity contribution in [2.75, 3.05) is 6.61 Å². The van der Waals surface area contributed by atoms with Gasteiger partial charge in [0, 0.05) is 0 Å². The van der Waals surface area contributed by atoms with Crippen molar-refractivity contribution in [3.63, 3.8) is 0 Å². The normalized spacial score (nSPS) is 13.3. The van der Waals surface area contributed by atoms with Gasteiger partial charge in [0.15, 0.2) is 0 Å². The van der Waals surface area contributed by atoms with Crippen LogP contribution < -0.4 is 5.48 Å². The Morgan fingerprint density at radius 3 is 2.09 bits per heavy atom. The summed E-state index contributed by atoms with van der Waals surface area (Å²) >= 11 is 0. The van der Waals surface area contributed by atoms with Gasteiger partial charge in [0.05, 0.1) is 17.4 Å². The van der Waals surface area contributed by atoms with Gasteiger partial charge in [-0.25, -0.2) is 9.59 Å². The monoisotopic (exact) mass is 471 g/mol. The zero-order valence-corrected chi connectivity index (χ0v) is 21.0. The Morgan fingerprint density at radius 2 is 1.56 bits per heavy atom. The van der Waals surface area contributed by atoms with E-state index < -0.39 is 33.7 Å². The van der Waals surface area contributed by atoms with Gasteiger partial charge in [-0.3, -0.25) is 4.18 Å². The van der Waals surface area contributed by atoms with E-state index in [-0.39, 0.29) is 16.9 Å². The number of hydrogen-bond donors (Lipinski definition) is 1. The fraction of sp³-hybridized carbons (Fsp3) is 0.652. The molecule has 0 spiro atoms. The topological polar surface area (TPSA) is 108 Å². The van der Waals surface area contributed by atoms with Crippen LogP contribution in [0, 0.1) is 18.3 Å². The van der Waals surface area contributed by atoms with Crippen LogP contribution in [0.5, 0.6) is 0 Å². The molecule has 1 rings (SSSR count). The second-order valence-electron chi connectivity index (χ2n) is 9.88. The Labute approximate surface area is 192 Å². The lowest BCUT2D eigenvalue weighted by molar-refractivity contribution is -0.159. The highest BCUT2D eigenvalue weighted by molar-refractivity contribution is 7.86. The van der Waals surface area contributed by atoms with Crippen LogP contribution in [0.1, 0.15) is 72.8 Å². The van der Waals surface area contributed by atoms with Crippen LogP contribution in [0.2, 0.25) is 0 Å². The third-order valence-corrected chi connectivity index (χ3v) is 5.98. The zero-order chi connectivity index (χ0) is 24.6. The smallest absolute Gasteiger partial charge is 0.441 e. The molecule has 1 N–H and O–H groups in total. The van der Waals surface area contributed by atoms with Crippen LogP contribution >= 0.6 is 0 Å². The molecule has 32 heavy (non-hydrogen) atoms. The molecule has 0 aliphatic rings. The fourth-order valence-corrected chi connectivity index (χ4v) is 3.88. The third kappa shape index (κ3) is 10.5. The SMILES string of the molecule is Cc1ccc(S(=O)(=O)OCCCCCC(C(=O)ONC(=O)OC(C)(C)C)C(C)(C)C)cc1. The molecule has 1 unspecified atom stereocenters. The summed E-state index contributed by atoms with van der Waals surface area (Å²) in [5.74, 6) is -0.990. The lowest BCUT2D eigenvalue weighted by Gasteiger charge is -2.28. The second kappa shape index (κ2) is 11.7. The molecule has 0 saturated carbocycles. The maximum atomic E-state index is 12.5. The number of ether oxygens (including phenoxy) is 1. The summed E-state index contributed by atoms with van der Waals surface area (Å²) in [6.07, 6.45) is 1.60. The molecule has 1 amide bonds. The van der Waals surface area contributed by atoms with Gasteiger partial charge >= 0.3 is 12.1 Å². The first kappa shape index (κ1) is 27.9. The molecule has 0 heterocycles. The minimum Gasteiger partial charge on any atom is -0.442 e. The van der Waals surface area contributed by atoms with Crippen molar-refractivity contribution in [3.8, 4) is 0 Å². The Kier molecular flexibility index (Phi) is 10.2. The lowest BCUT2D eigenvalue weighted by Crippen LogP contribution is -2.38. The van der Waals surface area contributed by atoms with E-state index in [1.807, 2.05) is 33.2 Å². The second-order valence-corrected chi connectivity index (χ2v) is 11.5. The molecule has 0 aliphatic heterocycles. The first-order chi connectivity index (χ1) is 14.6.